The number of hydrogen-bond donors (Lipinski definition) is 2. The van der Waals surface area contributed by atoms with E-state index in [0.29, 0.717) is 17.6 Å². The minimum Gasteiger partial charge on any atom is -0.456 e. The number of nitrogen functional groups attached to an aromatic ring is 1. The van der Waals surface area contributed by atoms with E-state index in [-0.39, 0.29) is 16.5 Å². The predicted octanol–water partition coefficient (Wildman–Crippen LogP) is 1.88. The minimum atomic E-state index is -0.862. The van der Waals surface area contributed by atoms with Crippen molar-refractivity contribution in [3.8, 4) is 0 Å². The Labute approximate surface area is 166 Å². The number of H-pyrrole nitrogens is 1. The number of esters is 2. The number of imidazole rings is 1. The highest BCUT2D eigenvalue weighted by molar-refractivity contribution is 7.71. The number of rotatable bonds is 5. The van der Waals surface area contributed by atoms with Crippen LogP contribution in [0.3, 0.4) is 0 Å². The number of aromatic amines is 1. The Kier molecular flexibility index (Phi) is 5.66. The average molecular weight is 409 g/mol. The molecule has 0 amide bonds. The number of nitrogens with one attached hydrogen (secondary N) is 1. The van der Waals surface area contributed by atoms with Crippen molar-refractivity contribution in [1.29, 1.82) is 0 Å². The number of hydrogen-bond acceptors (Lipinski definition) is 9. The lowest BCUT2D eigenvalue weighted by atomic mass is 10.00. The molecule has 2 aromatic heterocycles. The first kappa shape index (κ1) is 20.2. The van der Waals surface area contributed by atoms with Crippen LogP contribution in [0.25, 0.3) is 11.2 Å². The van der Waals surface area contributed by atoms with E-state index in [9.17, 15) is 9.59 Å². The van der Waals surface area contributed by atoms with E-state index in [2.05, 4.69) is 15.0 Å². The molecule has 3 rings (SSSR count). The van der Waals surface area contributed by atoms with Crippen LogP contribution in [0.2, 0.25) is 0 Å². The van der Waals surface area contributed by atoms with Crippen LogP contribution in [-0.4, -0.2) is 49.8 Å². The average Bonchev–Trinajstić information content (AvgIpc) is 3.09. The molecule has 1 fully saturated rings. The Bertz CT molecular complexity index is 955. The molecule has 0 aliphatic carbocycles. The maximum atomic E-state index is 11.7. The molecule has 0 saturated carbocycles. The molecule has 0 bridgehead atoms. The molecule has 1 aliphatic rings. The molecule has 152 valence electrons. The number of nitrogens with zero attached hydrogens (tertiary/aromatic N) is 3. The highest BCUT2D eigenvalue weighted by Crippen LogP contribution is 2.38. The largest absolute Gasteiger partial charge is 0.456 e. The van der Waals surface area contributed by atoms with Crippen molar-refractivity contribution in [1.82, 2.24) is 19.5 Å². The quantitative estimate of drug-likeness (QED) is 0.560. The van der Waals surface area contributed by atoms with Crippen molar-refractivity contribution in [2.45, 2.75) is 58.7 Å². The number of carbonyl (C=O) groups is 2. The Morgan fingerprint density at radius 2 is 1.96 bits per heavy atom. The normalized spacial score (nSPS) is 24.6. The van der Waals surface area contributed by atoms with Crippen molar-refractivity contribution in [2.24, 2.45) is 5.92 Å². The lowest BCUT2D eigenvalue weighted by Crippen LogP contribution is -2.39. The molecule has 11 heteroatoms. The van der Waals surface area contributed by atoms with Gasteiger partial charge >= 0.3 is 11.9 Å². The van der Waals surface area contributed by atoms with Gasteiger partial charge in [-0.25, -0.2) is 9.97 Å². The molecular formula is C17H23N5O5S. The van der Waals surface area contributed by atoms with Crippen LogP contribution in [-0.2, 0) is 23.8 Å². The van der Waals surface area contributed by atoms with Crippen molar-refractivity contribution in [2.75, 3.05) is 5.73 Å². The molecule has 10 nitrogen and oxygen atoms in total. The number of fused-ring (bicyclic) bond motifs is 1. The summed E-state index contributed by atoms with van der Waals surface area (Å²) < 4.78 is 19.0. The van der Waals surface area contributed by atoms with Gasteiger partial charge in [-0.1, -0.05) is 26.1 Å². The molecule has 2 aromatic rings. The minimum absolute atomic E-state index is 0.122. The van der Waals surface area contributed by atoms with E-state index in [1.165, 1.54) is 20.2 Å². The molecule has 2 unspecified atom stereocenters. The molecule has 28 heavy (non-hydrogen) atoms. The Morgan fingerprint density at radius 3 is 2.57 bits per heavy atom. The predicted molar refractivity (Wildman–Crippen MR) is 102 cm³/mol. The number of aromatic nitrogens is 4. The molecule has 3 N–H and O–H groups in total. The van der Waals surface area contributed by atoms with Crippen LogP contribution in [0, 0.1) is 10.6 Å². The highest BCUT2D eigenvalue weighted by Gasteiger charge is 2.50. The first-order valence-electron chi connectivity index (χ1n) is 8.89. The Balaban J connectivity index is 2.08. The van der Waals surface area contributed by atoms with Gasteiger partial charge in [-0.2, -0.15) is 0 Å². The van der Waals surface area contributed by atoms with Gasteiger partial charge in [-0.3, -0.25) is 14.2 Å². The van der Waals surface area contributed by atoms with E-state index in [4.69, 9.17) is 32.2 Å². The van der Waals surface area contributed by atoms with Crippen LogP contribution in [0.15, 0.2) is 6.33 Å². The molecule has 3 heterocycles. The monoisotopic (exact) mass is 409 g/mol. The first-order valence-corrected chi connectivity index (χ1v) is 9.30. The second-order valence-electron chi connectivity index (χ2n) is 7.12. The lowest BCUT2D eigenvalue weighted by molar-refractivity contribution is -0.165. The standard InChI is InChI=1S/C17H23N5O5S/c1-7(2)5-10-12(25-8(3)23)13(26-9(4)24)16(27-10)22-6-19-11-14(22)20-17(18)21-15(11)28/h6-7,10,12-13,16H,5H2,1-4H3,(H3,18,20,21,28)/t10-,12?,13?,16-/m1/s1. The first-order chi connectivity index (χ1) is 13.2. The van der Waals surface area contributed by atoms with E-state index < -0.39 is 36.5 Å². The topological polar surface area (TPSA) is 134 Å². The highest BCUT2D eigenvalue weighted by atomic mass is 32.1. The smallest absolute Gasteiger partial charge is 0.303 e. The van der Waals surface area contributed by atoms with Gasteiger partial charge in [0, 0.05) is 13.8 Å². The fourth-order valence-corrected chi connectivity index (χ4v) is 3.63. The summed E-state index contributed by atoms with van der Waals surface area (Å²) in [5, 5.41) is 0. The van der Waals surface area contributed by atoms with Gasteiger partial charge in [0.05, 0.1) is 6.33 Å². The van der Waals surface area contributed by atoms with Gasteiger partial charge < -0.3 is 24.9 Å². The molecule has 1 saturated heterocycles. The third kappa shape index (κ3) is 3.99. The van der Waals surface area contributed by atoms with E-state index in [1.807, 2.05) is 13.8 Å². The van der Waals surface area contributed by atoms with Gasteiger partial charge in [-0.15, -0.1) is 0 Å². The van der Waals surface area contributed by atoms with Crippen molar-refractivity contribution in [3.05, 3.63) is 11.0 Å². The summed E-state index contributed by atoms with van der Waals surface area (Å²) in [4.78, 5) is 34.6. The Hall–Kier alpha value is -2.53. The van der Waals surface area contributed by atoms with Crippen LogP contribution in [0.5, 0.6) is 0 Å². The molecule has 0 spiro atoms. The fourth-order valence-electron chi connectivity index (χ4n) is 3.38. The van der Waals surface area contributed by atoms with E-state index in [1.54, 1.807) is 4.57 Å². The van der Waals surface area contributed by atoms with Crippen molar-refractivity contribution < 1.29 is 23.8 Å². The number of ether oxygens (including phenoxy) is 3. The lowest BCUT2D eigenvalue weighted by Gasteiger charge is -2.24. The zero-order valence-corrected chi connectivity index (χ0v) is 16.9. The molecule has 4 atom stereocenters. The van der Waals surface area contributed by atoms with Gasteiger partial charge in [-0.05, 0) is 12.3 Å². The zero-order valence-electron chi connectivity index (χ0n) is 16.0. The van der Waals surface area contributed by atoms with Crippen LogP contribution in [0.4, 0.5) is 5.95 Å². The summed E-state index contributed by atoms with van der Waals surface area (Å²) in [6, 6.07) is 0. The van der Waals surface area contributed by atoms with Crippen LogP contribution in [0.1, 0.15) is 40.3 Å². The molecule has 0 radical (unpaired) electrons. The third-order valence-corrected chi connectivity index (χ3v) is 4.62. The summed E-state index contributed by atoms with van der Waals surface area (Å²) in [5.41, 5.74) is 6.70. The summed E-state index contributed by atoms with van der Waals surface area (Å²) in [5.74, 6) is -0.607. The number of anilines is 1. The Morgan fingerprint density at radius 1 is 1.32 bits per heavy atom. The summed E-state index contributed by atoms with van der Waals surface area (Å²) in [7, 11) is 0. The maximum Gasteiger partial charge on any atom is 0.303 e. The van der Waals surface area contributed by atoms with Gasteiger partial charge in [0.25, 0.3) is 0 Å². The van der Waals surface area contributed by atoms with E-state index >= 15 is 0 Å². The van der Waals surface area contributed by atoms with Crippen molar-refractivity contribution in [3.63, 3.8) is 0 Å². The summed E-state index contributed by atoms with van der Waals surface area (Å²) in [6.07, 6.45) is -0.750. The number of carbonyl (C=O) groups excluding carboxylic acids is 2. The fraction of sp³-hybridized carbons (Fsp3) is 0.588. The van der Waals surface area contributed by atoms with Gasteiger partial charge in [0.2, 0.25) is 0 Å². The molecular weight excluding hydrogens is 386 g/mol. The SMILES string of the molecule is CC(=O)OC1C(OC(C)=O)[C@@H](CC(C)C)O[C@H]1n1cnc2c(=S)nc(N)[nH]c21. The second-order valence-corrected chi connectivity index (χ2v) is 7.51. The van der Waals surface area contributed by atoms with E-state index in [0.717, 1.165) is 0 Å². The van der Waals surface area contributed by atoms with Gasteiger partial charge in [0.1, 0.15) is 17.3 Å². The second kappa shape index (κ2) is 7.84. The van der Waals surface area contributed by atoms with Gasteiger partial charge in [0.15, 0.2) is 29.0 Å². The maximum absolute atomic E-state index is 11.7. The number of nitrogens with two attached hydrogens (primary N) is 1. The van der Waals surface area contributed by atoms with Crippen molar-refractivity contribution >= 4 is 41.3 Å². The van der Waals surface area contributed by atoms with Crippen LogP contribution < -0.4 is 5.73 Å². The zero-order chi connectivity index (χ0) is 20.6. The van der Waals surface area contributed by atoms with Crippen LogP contribution >= 0.6 is 12.2 Å². The third-order valence-electron chi connectivity index (χ3n) is 4.33. The molecule has 1 aliphatic heterocycles. The summed E-state index contributed by atoms with van der Waals surface area (Å²) >= 11 is 5.21. The summed E-state index contributed by atoms with van der Waals surface area (Å²) in [6.45, 7) is 6.65. The molecule has 0 aromatic carbocycles.